The van der Waals surface area contributed by atoms with Crippen LogP contribution >= 0.6 is 11.6 Å². The number of carbonyl (C=O) groups excluding carboxylic acids is 1. The monoisotopic (exact) mass is 246 g/mol. The van der Waals surface area contributed by atoms with Gasteiger partial charge in [-0.05, 0) is 17.7 Å². The first-order valence-corrected chi connectivity index (χ1v) is 5.55. The molecule has 0 spiro atoms. The average molecular weight is 247 g/mol. The molecule has 0 aliphatic heterocycles. The third-order valence-corrected chi connectivity index (χ3v) is 2.79. The Hall–Kier alpha value is -1.92. The van der Waals surface area contributed by atoms with E-state index in [9.17, 15) is 4.79 Å². The molecule has 1 aromatic carbocycles. The zero-order chi connectivity index (χ0) is 12.3. The number of carbonyl (C=O) groups is 1. The number of aromatic amines is 1. The SMILES string of the molecule is C#CCNC(=O)Cc1c[nH]c2cccc(Cl)c12. The van der Waals surface area contributed by atoms with E-state index >= 15 is 0 Å². The molecule has 4 heteroatoms. The number of nitrogens with one attached hydrogen (secondary N) is 2. The Bertz CT molecular complexity index is 595. The zero-order valence-electron chi connectivity index (χ0n) is 9.09. The molecular formula is C13H11ClN2O. The highest BCUT2D eigenvalue weighted by molar-refractivity contribution is 6.35. The van der Waals surface area contributed by atoms with E-state index in [1.807, 2.05) is 12.1 Å². The fraction of sp³-hybridized carbons (Fsp3) is 0.154. The van der Waals surface area contributed by atoms with Gasteiger partial charge in [0.2, 0.25) is 5.91 Å². The Balaban J connectivity index is 2.25. The Labute approximate surface area is 104 Å². The van der Waals surface area contributed by atoms with Crippen molar-refractivity contribution in [2.24, 2.45) is 0 Å². The van der Waals surface area contributed by atoms with Gasteiger partial charge in [-0.2, -0.15) is 0 Å². The molecule has 0 bridgehead atoms. The van der Waals surface area contributed by atoms with Crippen molar-refractivity contribution in [2.45, 2.75) is 6.42 Å². The lowest BCUT2D eigenvalue weighted by molar-refractivity contribution is -0.120. The van der Waals surface area contributed by atoms with Gasteiger partial charge < -0.3 is 10.3 Å². The van der Waals surface area contributed by atoms with Crippen LogP contribution in [0.15, 0.2) is 24.4 Å². The van der Waals surface area contributed by atoms with Gasteiger partial charge in [0.05, 0.1) is 18.0 Å². The van der Waals surface area contributed by atoms with Crippen LogP contribution in [0.4, 0.5) is 0 Å². The predicted molar refractivity (Wildman–Crippen MR) is 68.9 cm³/mol. The van der Waals surface area contributed by atoms with Crippen molar-refractivity contribution < 1.29 is 4.79 Å². The molecule has 2 aromatic rings. The summed E-state index contributed by atoms with van der Waals surface area (Å²) in [6.45, 7) is 0.245. The molecule has 0 aliphatic rings. The van der Waals surface area contributed by atoms with Crippen LogP contribution in [0.1, 0.15) is 5.56 Å². The molecule has 0 aliphatic carbocycles. The lowest BCUT2D eigenvalue weighted by Crippen LogP contribution is -2.25. The molecule has 2 N–H and O–H groups in total. The number of H-pyrrole nitrogens is 1. The third kappa shape index (κ3) is 2.43. The first-order chi connectivity index (χ1) is 8.22. The largest absolute Gasteiger partial charge is 0.361 e. The number of rotatable bonds is 3. The van der Waals surface area contributed by atoms with E-state index in [-0.39, 0.29) is 18.9 Å². The minimum absolute atomic E-state index is 0.108. The van der Waals surface area contributed by atoms with Gasteiger partial charge in [0, 0.05) is 17.1 Å². The molecule has 1 aromatic heterocycles. The van der Waals surface area contributed by atoms with Gasteiger partial charge >= 0.3 is 0 Å². The van der Waals surface area contributed by atoms with Crippen molar-refractivity contribution in [3.63, 3.8) is 0 Å². The van der Waals surface area contributed by atoms with Gasteiger partial charge in [-0.15, -0.1) is 6.42 Å². The molecule has 1 amide bonds. The van der Waals surface area contributed by atoms with E-state index in [0.717, 1.165) is 16.5 Å². The second-order valence-corrected chi connectivity index (χ2v) is 4.04. The minimum Gasteiger partial charge on any atom is -0.361 e. The number of hydrogen-bond donors (Lipinski definition) is 2. The molecule has 0 atom stereocenters. The molecule has 3 nitrogen and oxygen atoms in total. The summed E-state index contributed by atoms with van der Waals surface area (Å²) in [4.78, 5) is 14.6. The summed E-state index contributed by atoms with van der Waals surface area (Å²) in [5, 5.41) is 4.16. The average Bonchev–Trinajstić information content (AvgIpc) is 2.71. The van der Waals surface area contributed by atoms with E-state index in [0.29, 0.717) is 5.02 Å². The molecular weight excluding hydrogens is 236 g/mol. The van der Waals surface area contributed by atoms with Crippen molar-refractivity contribution in [1.82, 2.24) is 10.3 Å². The van der Waals surface area contributed by atoms with E-state index in [4.69, 9.17) is 18.0 Å². The highest BCUT2D eigenvalue weighted by atomic mass is 35.5. The fourth-order valence-corrected chi connectivity index (χ4v) is 2.03. The van der Waals surface area contributed by atoms with E-state index in [2.05, 4.69) is 16.2 Å². The number of fused-ring (bicyclic) bond motifs is 1. The van der Waals surface area contributed by atoms with Crippen LogP contribution in [0.25, 0.3) is 10.9 Å². The van der Waals surface area contributed by atoms with Crippen molar-refractivity contribution >= 4 is 28.4 Å². The van der Waals surface area contributed by atoms with Crippen molar-refractivity contribution in [3.8, 4) is 12.3 Å². The van der Waals surface area contributed by atoms with Gasteiger partial charge in [0.25, 0.3) is 0 Å². The van der Waals surface area contributed by atoms with Crippen LogP contribution in [0.5, 0.6) is 0 Å². The normalized spacial score (nSPS) is 10.1. The topological polar surface area (TPSA) is 44.9 Å². The van der Waals surface area contributed by atoms with Gasteiger partial charge in [-0.1, -0.05) is 23.6 Å². The third-order valence-electron chi connectivity index (χ3n) is 2.48. The second-order valence-electron chi connectivity index (χ2n) is 3.63. The molecule has 0 saturated carbocycles. The molecule has 1 heterocycles. The van der Waals surface area contributed by atoms with Crippen molar-refractivity contribution in [3.05, 3.63) is 35.0 Å². The maximum Gasteiger partial charge on any atom is 0.225 e. The van der Waals surface area contributed by atoms with Crippen LogP contribution in [0.3, 0.4) is 0 Å². The first kappa shape index (κ1) is 11.6. The fourth-order valence-electron chi connectivity index (χ4n) is 1.73. The molecule has 0 unspecified atom stereocenters. The molecule has 0 fully saturated rings. The molecule has 2 rings (SSSR count). The maximum atomic E-state index is 11.6. The van der Waals surface area contributed by atoms with Crippen molar-refractivity contribution in [1.29, 1.82) is 0 Å². The maximum absolute atomic E-state index is 11.6. The molecule has 0 radical (unpaired) electrons. The summed E-state index contributed by atoms with van der Waals surface area (Å²) in [5.41, 5.74) is 1.80. The summed E-state index contributed by atoms with van der Waals surface area (Å²) >= 11 is 6.11. The number of terminal acetylenes is 1. The van der Waals surface area contributed by atoms with E-state index in [1.54, 1.807) is 12.3 Å². The smallest absolute Gasteiger partial charge is 0.225 e. The number of halogens is 1. The van der Waals surface area contributed by atoms with Crippen LogP contribution in [0.2, 0.25) is 5.02 Å². The second kappa shape index (κ2) is 4.94. The highest BCUT2D eigenvalue weighted by Crippen LogP contribution is 2.26. The highest BCUT2D eigenvalue weighted by Gasteiger charge is 2.10. The number of benzene rings is 1. The van der Waals surface area contributed by atoms with Gasteiger partial charge in [-0.25, -0.2) is 0 Å². The number of hydrogen-bond acceptors (Lipinski definition) is 1. The summed E-state index contributed by atoms with van der Waals surface area (Å²) in [6.07, 6.45) is 7.14. The van der Waals surface area contributed by atoms with Crippen LogP contribution in [-0.2, 0) is 11.2 Å². The number of aromatic nitrogens is 1. The quantitative estimate of drug-likeness (QED) is 0.801. The van der Waals surface area contributed by atoms with Crippen LogP contribution < -0.4 is 5.32 Å². The standard InChI is InChI=1S/C13H11ClN2O/c1-2-6-15-12(17)7-9-8-16-11-5-3-4-10(14)13(9)11/h1,3-5,8,16H,6-7H2,(H,15,17). The predicted octanol–water partition coefficient (Wildman–Crippen LogP) is 2.11. The Morgan fingerprint density at radius 3 is 3.12 bits per heavy atom. The van der Waals surface area contributed by atoms with Crippen LogP contribution in [-0.4, -0.2) is 17.4 Å². The molecule has 0 saturated heterocycles. The summed E-state index contributed by atoms with van der Waals surface area (Å²) in [6, 6.07) is 5.59. The van der Waals surface area contributed by atoms with Gasteiger partial charge in [0.1, 0.15) is 0 Å². The molecule has 86 valence electrons. The minimum atomic E-state index is -0.108. The Morgan fingerprint density at radius 2 is 2.35 bits per heavy atom. The first-order valence-electron chi connectivity index (χ1n) is 5.17. The van der Waals surface area contributed by atoms with E-state index in [1.165, 1.54) is 0 Å². The van der Waals surface area contributed by atoms with Crippen LogP contribution in [0, 0.1) is 12.3 Å². The number of amides is 1. The summed E-state index contributed by atoms with van der Waals surface area (Å²) in [7, 11) is 0. The molecule has 17 heavy (non-hydrogen) atoms. The lowest BCUT2D eigenvalue weighted by atomic mass is 10.1. The Morgan fingerprint density at radius 1 is 1.53 bits per heavy atom. The van der Waals surface area contributed by atoms with E-state index < -0.39 is 0 Å². The van der Waals surface area contributed by atoms with Gasteiger partial charge in [0.15, 0.2) is 0 Å². The lowest BCUT2D eigenvalue weighted by Gasteiger charge is -2.01. The van der Waals surface area contributed by atoms with Gasteiger partial charge in [-0.3, -0.25) is 4.79 Å². The zero-order valence-corrected chi connectivity index (χ0v) is 9.84. The van der Waals surface area contributed by atoms with Crippen molar-refractivity contribution in [2.75, 3.05) is 6.54 Å². The summed E-state index contributed by atoms with van der Waals surface area (Å²) < 4.78 is 0. The summed E-state index contributed by atoms with van der Waals surface area (Å²) in [5.74, 6) is 2.25. The Kier molecular flexibility index (Phi) is 3.36.